The first-order chi connectivity index (χ1) is 19.4. The van der Waals surface area contributed by atoms with Gasteiger partial charge in [-0.15, -0.1) is 0 Å². The van der Waals surface area contributed by atoms with Gasteiger partial charge in [0, 0.05) is 62.4 Å². The molecule has 2 unspecified atom stereocenters. The van der Waals surface area contributed by atoms with Crippen LogP contribution in [0.4, 0.5) is 5.69 Å². The number of pyridine rings is 1. The summed E-state index contributed by atoms with van der Waals surface area (Å²) in [5.74, 6) is -0.0275. The van der Waals surface area contributed by atoms with Crippen LogP contribution in [0.1, 0.15) is 53.1 Å². The van der Waals surface area contributed by atoms with E-state index in [1.54, 1.807) is 0 Å². The van der Waals surface area contributed by atoms with Gasteiger partial charge < -0.3 is 24.8 Å². The quantitative estimate of drug-likeness (QED) is 0.353. The minimum absolute atomic E-state index is 0.0275. The van der Waals surface area contributed by atoms with E-state index < -0.39 is 0 Å². The molecule has 40 heavy (non-hydrogen) atoms. The van der Waals surface area contributed by atoms with E-state index in [-0.39, 0.29) is 18.0 Å². The minimum atomic E-state index is -0.101. The molecule has 5 rings (SSSR count). The number of nitrogens with zero attached hydrogens (tertiary/aromatic N) is 4. The molecule has 212 valence electrons. The van der Waals surface area contributed by atoms with Crippen molar-refractivity contribution in [3.63, 3.8) is 0 Å². The average molecular weight is 561 g/mol. The Balaban J connectivity index is 1.34. The van der Waals surface area contributed by atoms with Gasteiger partial charge in [0.2, 0.25) is 5.91 Å². The Kier molecular flexibility index (Phi) is 9.14. The highest BCUT2D eigenvalue weighted by Crippen LogP contribution is 2.41. The van der Waals surface area contributed by atoms with E-state index >= 15 is 0 Å². The monoisotopic (exact) mass is 560 g/mol. The van der Waals surface area contributed by atoms with Gasteiger partial charge in [0.25, 0.3) is 0 Å². The van der Waals surface area contributed by atoms with Crippen LogP contribution < -0.4 is 10.6 Å². The predicted octanol–water partition coefficient (Wildman–Crippen LogP) is 4.53. The Morgan fingerprint density at radius 1 is 1.07 bits per heavy atom. The number of aromatic nitrogens is 2. The normalized spacial score (nSPS) is 19.6. The molecule has 0 spiro atoms. The van der Waals surface area contributed by atoms with Gasteiger partial charge in [0.05, 0.1) is 31.0 Å². The van der Waals surface area contributed by atoms with E-state index in [1.807, 2.05) is 55.6 Å². The van der Waals surface area contributed by atoms with Crippen LogP contribution in [-0.2, 0) is 16.1 Å². The summed E-state index contributed by atoms with van der Waals surface area (Å²) in [7, 11) is 0. The van der Waals surface area contributed by atoms with Gasteiger partial charge in [-0.1, -0.05) is 23.8 Å². The number of anilines is 1. The summed E-state index contributed by atoms with van der Waals surface area (Å²) in [4.78, 5) is 22.2. The number of benzene rings is 1. The molecule has 2 fully saturated rings. The fraction of sp³-hybridized carbons (Fsp3) is 0.452. The molecule has 2 aliphatic heterocycles. The van der Waals surface area contributed by atoms with E-state index in [4.69, 9.17) is 17.0 Å². The maximum absolute atomic E-state index is 12.9. The number of thiocarbonyl (C=S) groups is 1. The molecule has 0 aliphatic carbocycles. The number of ether oxygens (including phenoxy) is 1. The van der Waals surface area contributed by atoms with Crippen LogP contribution in [0.2, 0.25) is 0 Å². The molecule has 2 aliphatic rings. The van der Waals surface area contributed by atoms with E-state index in [0.29, 0.717) is 18.1 Å². The maximum atomic E-state index is 12.9. The summed E-state index contributed by atoms with van der Waals surface area (Å²) in [6, 6.07) is 16.0. The second-order valence-corrected chi connectivity index (χ2v) is 11.2. The molecule has 8 nitrogen and oxygen atoms in total. The lowest BCUT2D eigenvalue weighted by Crippen LogP contribution is -2.37. The van der Waals surface area contributed by atoms with Crippen molar-refractivity contribution in [1.29, 1.82) is 0 Å². The molecule has 4 heterocycles. The van der Waals surface area contributed by atoms with Crippen LogP contribution in [0.3, 0.4) is 0 Å². The fourth-order valence-electron chi connectivity index (χ4n) is 5.82. The molecule has 1 amide bonds. The molecule has 2 aromatic heterocycles. The number of hydrogen-bond acceptors (Lipinski definition) is 5. The van der Waals surface area contributed by atoms with Gasteiger partial charge in [0.1, 0.15) is 0 Å². The fourth-order valence-corrected chi connectivity index (χ4v) is 6.15. The first-order valence-electron chi connectivity index (χ1n) is 14.2. The van der Waals surface area contributed by atoms with Crippen LogP contribution in [0.25, 0.3) is 0 Å². The Morgan fingerprint density at radius 2 is 1.85 bits per heavy atom. The predicted molar refractivity (Wildman–Crippen MR) is 162 cm³/mol. The molecule has 0 saturated carbocycles. The number of aryl methyl sites for hydroxylation is 2. The van der Waals surface area contributed by atoms with Crippen molar-refractivity contribution in [3.8, 4) is 0 Å². The molecular weight excluding hydrogens is 520 g/mol. The SMILES string of the molecule is Cc1ccc(NC(=O)CCN2C(=S)NC(c3ccccn3)C2c2cc(C)n(CCCN3CCOCC3)c2C)cc1. The van der Waals surface area contributed by atoms with Gasteiger partial charge in [-0.25, -0.2) is 0 Å². The molecule has 9 heteroatoms. The van der Waals surface area contributed by atoms with E-state index in [1.165, 1.54) is 17.0 Å². The lowest BCUT2D eigenvalue weighted by atomic mass is 9.96. The van der Waals surface area contributed by atoms with Crippen molar-refractivity contribution >= 4 is 28.9 Å². The maximum Gasteiger partial charge on any atom is 0.226 e. The van der Waals surface area contributed by atoms with Gasteiger partial charge in [0.15, 0.2) is 5.11 Å². The van der Waals surface area contributed by atoms with E-state index in [9.17, 15) is 4.79 Å². The third-order valence-electron chi connectivity index (χ3n) is 8.00. The van der Waals surface area contributed by atoms with Crippen LogP contribution in [-0.4, -0.2) is 69.8 Å². The van der Waals surface area contributed by atoms with Gasteiger partial charge >= 0.3 is 0 Å². The smallest absolute Gasteiger partial charge is 0.226 e. The first-order valence-corrected chi connectivity index (χ1v) is 14.6. The number of rotatable bonds is 10. The van der Waals surface area contributed by atoms with Crippen molar-refractivity contribution in [2.24, 2.45) is 0 Å². The number of hydrogen-bond donors (Lipinski definition) is 2. The second kappa shape index (κ2) is 12.9. The molecule has 2 saturated heterocycles. The zero-order valence-electron chi connectivity index (χ0n) is 23.7. The summed E-state index contributed by atoms with van der Waals surface area (Å²) in [6.45, 7) is 12.6. The van der Waals surface area contributed by atoms with Crippen molar-refractivity contribution in [2.75, 3.05) is 44.7 Å². The zero-order chi connectivity index (χ0) is 28.1. The van der Waals surface area contributed by atoms with Crippen LogP contribution >= 0.6 is 12.2 Å². The van der Waals surface area contributed by atoms with Gasteiger partial charge in [-0.05, 0) is 75.3 Å². The number of carbonyl (C=O) groups excluding carboxylic acids is 1. The van der Waals surface area contributed by atoms with Gasteiger partial charge in [-0.3, -0.25) is 14.7 Å². The summed E-state index contributed by atoms with van der Waals surface area (Å²) < 4.78 is 7.92. The molecular formula is C31H40N6O2S. The Morgan fingerprint density at radius 3 is 2.58 bits per heavy atom. The third-order valence-corrected chi connectivity index (χ3v) is 8.36. The van der Waals surface area contributed by atoms with Crippen LogP contribution in [0, 0.1) is 20.8 Å². The van der Waals surface area contributed by atoms with Crippen molar-refractivity contribution in [2.45, 2.75) is 52.2 Å². The lowest BCUT2D eigenvalue weighted by molar-refractivity contribution is -0.116. The number of carbonyl (C=O) groups is 1. The molecule has 0 bridgehead atoms. The molecule has 1 aromatic carbocycles. The third kappa shape index (κ3) is 6.54. The topological polar surface area (TPSA) is 74.7 Å². The summed E-state index contributed by atoms with van der Waals surface area (Å²) in [5, 5.41) is 7.20. The van der Waals surface area contributed by atoms with Crippen molar-refractivity contribution < 1.29 is 9.53 Å². The minimum Gasteiger partial charge on any atom is -0.379 e. The molecule has 0 radical (unpaired) electrons. The largest absolute Gasteiger partial charge is 0.379 e. The summed E-state index contributed by atoms with van der Waals surface area (Å²) in [6.07, 6.45) is 3.24. The highest BCUT2D eigenvalue weighted by molar-refractivity contribution is 7.80. The van der Waals surface area contributed by atoms with E-state index in [2.05, 4.69) is 49.9 Å². The van der Waals surface area contributed by atoms with Crippen molar-refractivity contribution in [3.05, 3.63) is 82.9 Å². The standard InChI is InChI=1S/C31H40N6O2S/c1-22-8-10-25(11-9-22)33-28(38)12-16-37-30(29(34-31(37)40)27-7-4-5-13-32-27)26-21-23(2)36(24(26)3)15-6-14-35-17-19-39-20-18-35/h4-5,7-11,13,21,29-30H,6,12,14-20H2,1-3H3,(H,33,38)(H,34,40). The van der Waals surface area contributed by atoms with Crippen LogP contribution in [0.5, 0.6) is 0 Å². The Bertz CT molecular complexity index is 1300. The number of morpholine rings is 1. The average Bonchev–Trinajstić information content (AvgIpc) is 3.44. The molecule has 2 atom stereocenters. The first kappa shape index (κ1) is 28.3. The second-order valence-electron chi connectivity index (χ2n) is 10.8. The Hall–Kier alpha value is -3.27. The van der Waals surface area contributed by atoms with Gasteiger partial charge in [-0.2, -0.15) is 0 Å². The highest BCUT2D eigenvalue weighted by atomic mass is 32.1. The zero-order valence-corrected chi connectivity index (χ0v) is 24.5. The van der Waals surface area contributed by atoms with Crippen molar-refractivity contribution in [1.82, 2.24) is 24.7 Å². The summed E-state index contributed by atoms with van der Waals surface area (Å²) in [5.41, 5.74) is 6.62. The lowest BCUT2D eigenvalue weighted by Gasteiger charge is -2.28. The number of amides is 1. The van der Waals surface area contributed by atoms with E-state index in [0.717, 1.165) is 62.8 Å². The molecule has 2 N–H and O–H groups in total. The van der Waals surface area contributed by atoms with Crippen LogP contribution in [0.15, 0.2) is 54.7 Å². The highest BCUT2D eigenvalue weighted by Gasteiger charge is 2.41. The number of nitrogens with one attached hydrogen (secondary N) is 2. The Labute approximate surface area is 242 Å². The molecule has 3 aromatic rings. The summed E-state index contributed by atoms with van der Waals surface area (Å²) >= 11 is 5.85.